The predicted molar refractivity (Wildman–Crippen MR) is 112 cm³/mol. The van der Waals surface area contributed by atoms with Gasteiger partial charge in [0.15, 0.2) is 0 Å². The third kappa shape index (κ3) is 2.60. The third-order valence-electron chi connectivity index (χ3n) is 6.47. The standard InChI is InChI=1S/C22H22N2O2S2/c23-15-16-4-3-5-18(14-16)28(25,26)24-20-7-2-1-6-19(20)22(10-12-27-13-11-22)21(24)17-8-9-17/h1-7,14,17,21H,8-13H2. The van der Waals surface area contributed by atoms with Crippen molar-refractivity contribution in [3.8, 4) is 6.07 Å². The second kappa shape index (κ2) is 6.53. The molecule has 2 aromatic carbocycles. The van der Waals surface area contributed by atoms with Crippen molar-refractivity contribution in [3.05, 3.63) is 59.7 Å². The molecule has 1 saturated carbocycles. The Labute approximate surface area is 170 Å². The minimum Gasteiger partial charge on any atom is -0.262 e. The lowest BCUT2D eigenvalue weighted by molar-refractivity contribution is 0.315. The first-order valence-electron chi connectivity index (χ1n) is 9.80. The summed E-state index contributed by atoms with van der Waals surface area (Å²) in [5.41, 5.74) is 2.34. The van der Waals surface area contributed by atoms with Gasteiger partial charge in [-0.1, -0.05) is 24.3 Å². The molecule has 4 nitrogen and oxygen atoms in total. The Bertz CT molecular complexity index is 1060. The van der Waals surface area contributed by atoms with Crippen molar-refractivity contribution in [1.82, 2.24) is 0 Å². The zero-order valence-corrected chi connectivity index (χ0v) is 17.2. The van der Waals surface area contributed by atoms with Crippen LogP contribution in [-0.4, -0.2) is 26.0 Å². The van der Waals surface area contributed by atoms with Gasteiger partial charge < -0.3 is 0 Å². The summed E-state index contributed by atoms with van der Waals surface area (Å²) in [5, 5.41) is 9.24. The van der Waals surface area contributed by atoms with Crippen molar-refractivity contribution >= 4 is 27.5 Å². The Morgan fingerprint density at radius 1 is 1.07 bits per heavy atom. The molecule has 0 aromatic heterocycles. The molecule has 1 saturated heterocycles. The molecule has 144 valence electrons. The van der Waals surface area contributed by atoms with Gasteiger partial charge in [-0.3, -0.25) is 4.31 Å². The summed E-state index contributed by atoms with van der Waals surface area (Å²) >= 11 is 1.97. The van der Waals surface area contributed by atoms with E-state index < -0.39 is 10.0 Å². The second-order valence-corrected chi connectivity index (χ2v) is 11.0. The second-order valence-electron chi connectivity index (χ2n) is 8.01. The quantitative estimate of drug-likeness (QED) is 0.756. The van der Waals surface area contributed by atoms with Crippen molar-refractivity contribution in [2.45, 2.75) is 42.0 Å². The van der Waals surface area contributed by atoms with Gasteiger partial charge in [0.05, 0.1) is 28.3 Å². The molecule has 3 aliphatic rings. The summed E-state index contributed by atoms with van der Waals surface area (Å²) < 4.78 is 29.4. The maximum atomic E-state index is 13.8. The molecule has 1 unspecified atom stereocenters. The number of fused-ring (bicyclic) bond motifs is 2. The summed E-state index contributed by atoms with van der Waals surface area (Å²) in [7, 11) is -3.74. The van der Waals surface area contributed by atoms with Crippen LogP contribution >= 0.6 is 11.8 Å². The predicted octanol–water partition coefficient (Wildman–Crippen LogP) is 4.31. The van der Waals surface area contributed by atoms with Gasteiger partial charge in [-0.15, -0.1) is 0 Å². The molecule has 6 heteroatoms. The molecule has 0 bridgehead atoms. The number of benzene rings is 2. The van der Waals surface area contributed by atoms with E-state index in [4.69, 9.17) is 0 Å². The fourth-order valence-corrected chi connectivity index (χ4v) is 8.16. The number of nitrogens with zero attached hydrogens (tertiary/aromatic N) is 2. The van der Waals surface area contributed by atoms with Crippen molar-refractivity contribution < 1.29 is 8.42 Å². The third-order valence-corrected chi connectivity index (χ3v) is 9.25. The highest BCUT2D eigenvalue weighted by Crippen LogP contribution is 2.59. The van der Waals surface area contributed by atoms with E-state index in [-0.39, 0.29) is 16.4 Å². The SMILES string of the molecule is N#Cc1cccc(S(=O)(=O)N2c3ccccc3C3(CCSCC3)C2C2CC2)c1. The molecule has 2 fully saturated rings. The van der Waals surface area contributed by atoms with Crippen molar-refractivity contribution in [3.63, 3.8) is 0 Å². The number of sulfonamides is 1. The van der Waals surface area contributed by atoms with Gasteiger partial charge in [0.1, 0.15) is 0 Å². The maximum Gasteiger partial charge on any atom is 0.264 e. The minimum atomic E-state index is -3.74. The molecule has 5 rings (SSSR count). The zero-order chi connectivity index (χ0) is 19.4. The Morgan fingerprint density at radius 3 is 2.54 bits per heavy atom. The monoisotopic (exact) mass is 410 g/mol. The average molecular weight is 411 g/mol. The molecule has 2 aromatic rings. The van der Waals surface area contributed by atoms with Crippen LogP contribution in [0, 0.1) is 17.2 Å². The maximum absolute atomic E-state index is 13.8. The van der Waals surface area contributed by atoms with Crippen LogP contribution in [0.4, 0.5) is 5.69 Å². The first-order valence-corrected chi connectivity index (χ1v) is 12.4. The molecule has 28 heavy (non-hydrogen) atoms. The number of anilines is 1. The number of para-hydroxylation sites is 1. The van der Waals surface area contributed by atoms with Crippen LogP contribution in [0.5, 0.6) is 0 Å². The van der Waals surface area contributed by atoms with Gasteiger partial charge in [0, 0.05) is 5.41 Å². The number of thioether (sulfide) groups is 1. The molecule has 1 aliphatic carbocycles. The molecular formula is C22H22N2O2S2. The Balaban J connectivity index is 1.71. The summed E-state index contributed by atoms with van der Waals surface area (Å²) in [6.07, 6.45) is 4.25. The molecule has 1 atom stereocenters. The number of hydrogen-bond donors (Lipinski definition) is 0. The smallest absolute Gasteiger partial charge is 0.262 e. The molecule has 2 aliphatic heterocycles. The van der Waals surface area contributed by atoms with E-state index in [2.05, 4.69) is 12.1 Å². The number of nitriles is 1. The average Bonchev–Trinajstić information content (AvgIpc) is 3.53. The Hall–Kier alpha value is -1.97. The van der Waals surface area contributed by atoms with Crippen LogP contribution in [0.2, 0.25) is 0 Å². The van der Waals surface area contributed by atoms with Crippen LogP contribution in [0.15, 0.2) is 53.4 Å². The van der Waals surface area contributed by atoms with Gasteiger partial charge >= 0.3 is 0 Å². The summed E-state index contributed by atoms with van der Waals surface area (Å²) in [4.78, 5) is 0.217. The first kappa shape index (κ1) is 18.1. The van der Waals surface area contributed by atoms with Gasteiger partial charge in [-0.25, -0.2) is 8.42 Å². The molecular weight excluding hydrogens is 388 g/mol. The Morgan fingerprint density at radius 2 is 1.82 bits per heavy atom. The largest absolute Gasteiger partial charge is 0.264 e. The number of rotatable bonds is 3. The van der Waals surface area contributed by atoms with Crippen molar-refractivity contribution in [2.24, 2.45) is 5.92 Å². The highest BCUT2D eigenvalue weighted by atomic mass is 32.2. The van der Waals surface area contributed by atoms with E-state index >= 15 is 0 Å². The molecule has 1 spiro atoms. The Kier molecular flexibility index (Phi) is 4.22. The molecule has 0 amide bonds. The van der Waals surface area contributed by atoms with E-state index in [0.717, 1.165) is 42.9 Å². The van der Waals surface area contributed by atoms with Crippen molar-refractivity contribution in [1.29, 1.82) is 5.26 Å². The topological polar surface area (TPSA) is 61.2 Å². The lowest BCUT2D eigenvalue weighted by atomic mass is 9.70. The summed E-state index contributed by atoms with van der Waals surface area (Å²) in [6.45, 7) is 0. The normalized spacial score (nSPS) is 23.4. The van der Waals surface area contributed by atoms with Gasteiger partial charge in [0.25, 0.3) is 10.0 Å². The fraction of sp³-hybridized carbons (Fsp3) is 0.409. The molecule has 0 N–H and O–H groups in total. The summed E-state index contributed by atoms with van der Waals surface area (Å²) in [6, 6.07) is 16.6. The van der Waals surface area contributed by atoms with Gasteiger partial charge in [-0.2, -0.15) is 17.0 Å². The lowest BCUT2D eigenvalue weighted by Crippen LogP contribution is -2.50. The van der Waals surface area contributed by atoms with Crippen LogP contribution < -0.4 is 4.31 Å². The number of hydrogen-bond acceptors (Lipinski definition) is 4. The van der Waals surface area contributed by atoms with Crippen LogP contribution in [0.25, 0.3) is 0 Å². The van der Waals surface area contributed by atoms with Crippen LogP contribution in [-0.2, 0) is 15.4 Å². The zero-order valence-electron chi connectivity index (χ0n) is 15.5. The van der Waals surface area contributed by atoms with E-state index in [1.54, 1.807) is 22.5 Å². The van der Waals surface area contributed by atoms with Crippen LogP contribution in [0.1, 0.15) is 36.8 Å². The molecule has 0 radical (unpaired) electrons. The first-order chi connectivity index (χ1) is 13.6. The highest BCUT2D eigenvalue weighted by molar-refractivity contribution is 7.99. The van der Waals surface area contributed by atoms with E-state index in [9.17, 15) is 13.7 Å². The van der Waals surface area contributed by atoms with Gasteiger partial charge in [-0.05, 0) is 72.9 Å². The van der Waals surface area contributed by atoms with E-state index in [0.29, 0.717) is 11.5 Å². The van der Waals surface area contributed by atoms with Gasteiger partial charge in [0.2, 0.25) is 0 Å². The minimum absolute atomic E-state index is 0.0125. The highest BCUT2D eigenvalue weighted by Gasteiger charge is 2.59. The molecule has 2 heterocycles. The van der Waals surface area contributed by atoms with Crippen molar-refractivity contribution in [2.75, 3.05) is 15.8 Å². The van der Waals surface area contributed by atoms with E-state index in [1.807, 2.05) is 30.0 Å². The van der Waals surface area contributed by atoms with E-state index in [1.165, 1.54) is 11.6 Å². The van der Waals surface area contributed by atoms with Crippen LogP contribution in [0.3, 0.4) is 0 Å². The lowest BCUT2D eigenvalue weighted by Gasteiger charge is -2.41. The fourth-order valence-electron chi connectivity index (χ4n) is 5.09. The summed E-state index contributed by atoms with van der Waals surface area (Å²) in [5.74, 6) is 2.58.